The van der Waals surface area contributed by atoms with Gasteiger partial charge in [-0.15, -0.1) is 0 Å². The maximum absolute atomic E-state index is 12.9. The second-order valence-electron chi connectivity index (χ2n) is 6.25. The van der Waals surface area contributed by atoms with Crippen LogP contribution in [0.1, 0.15) is 22.8 Å². The number of carbonyl (C=O) groups excluding carboxylic acids is 2. The van der Waals surface area contributed by atoms with Gasteiger partial charge < -0.3 is 19.3 Å². The highest BCUT2D eigenvalue weighted by atomic mass is 16.6. The molecule has 1 heterocycles. The van der Waals surface area contributed by atoms with Crippen LogP contribution in [0.4, 0.5) is 4.79 Å². The van der Waals surface area contributed by atoms with Crippen molar-refractivity contribution in [3.63, 3.8) is 0 Å². The molecule has 0 bridgehead atoms. The molecule has 1 fully saturated rings. The molecule has 3 rings (SSSR count). The van der Waals surface area contributed by atoms with Crippen molar-refractivity contribution in [1.82, 2.24) is 9.80 Å². The Hall–Kier alpha value is -3.02. The maximum Gasteiger partial charge on any atom is 0.409 e. The van der Waals surface area contributed by atoms with Gasteiger partial charge in [-0.3, -0.25) is 4.79 Å². The van der Waals surface area contributed by atoms with Crippen LogP contribution in [0.2, 0.25) is 0 Å². The minimum atomic E-state index is -0.323. The van der Waals surface area contributed by atoms with Crippen LogP contribution < -0.4 is 4.74 Å². The van der Waals surface area contributed by atoms with Crippen molar-refractivity contribution in [3.8, 4) is 5.75 Å². The lowest BCUT2D eigenvalue weighted by molar-refractivity contribution is 0.0567. The minimum absolute atomic E-state index is 0.0813. The van der Waals surface area contributed by atoms with Crippen LogP contribution in [0, 0.1) is 0 Å². The average Bonchev–Trinajstić information content (AvgIpc) is 2.73. The van der Waals surface area contributed by atoms with E-state index >= 15 is 0 Å². The number of hydrogen-bond donors (Lipinski definition) is 0. The standard InChI is InChI=1S/C21H24N2O4/c1-2-26-21(25)23-14-12-22(13-15-23)20(24)18-10-6-7-11-19(18)27-16-17-8-4-3-5-9-17/h3-11H,2,12-16H2,1H3. The Morgan fingerprint density at radius 2 is 1.52 bits per heavy atom. The lowest BCUT2D eigenvalue weighted by Gasteiger charge is -2.34. The van der Waals surface area contributed by atoms with Gasteiger partial charge in [0.15, 0.2) is 0 Å². The number of ether oxygens (including phenoxy) is 2. The van der Waals surface area contributed by atoms with Crippen LogP contribution in [0.25, 0.3) is 0 Å². The zero-order valence-electron chi connectivity index (χ0n) is 15.5. The Balaban J connectivity index is 1.63. The van der Waals surface area contributed by atoms with Gasteiger partial charge in [-0.2, -0.15) is 0 Å². The third kappa shape index (κ3) is 4.78. The van der Waals surface area contributed by atoms with Crippen LogP contribution in [-0.2, 0) is 11.3 Å². The first-order chi connectivity index (χ1) is 13.2. The van der Waals surface area contributed by atoms with E-state index in [2.05, 4.69) is 0 Å². The normalized spacial score (nSPS) is 14.0. The first kappa shape index (κ1) is 18.8. The topological polar surface area (TPSA) is 59.1 Å². The van der Waals surface area contributed by atoms with E-state index in [1.807, 2.05) is 48.5 Å². The fourth-order valence-electron chi connectivity index (χ4n) is 2.98. The molecule has 27 heavy (non-hydrogen) atoms. The zero-order chi connectivity index (χ0) is 19.1. The number of piperazine rings is 1. The molecule has 1 aliphatic rings. The molecule has 0 spiro atoms. The zero-order valence-corrected chi connectivity index (χ0v) is 15.5. The molecule has 0 saturated carbocycles. The summed E-state index contributed by atoms with van der Waals surface area (Å²) < 4.78 is 10.9. The third-order valence-corrected chi connectivity index (χ3v) is 4.45. The van der Waals surface area contributed by atoms with Gasteiger partial charge in [0, 0.05) is 26.2 Å². The molecule has 0 radical (unpaired) electrons. The summed E-state index contributed by atoms with van der Waals surface area (Å²) in [5.41, 5.74) is 1.58. The largest absolute Gasteiger partial charge is 0.488 e. The molecule has 6 heteroatoms. The van der Waals surface area contributed by atoms with Gasteiger partial charge in [0.2, 0.25) is 0 Å². The van der Waals surface area contributed by atoms with E-state index in [4.69, 9.17) is 9.47 Å². The molecular weight excluding hydrogens is 344 g/mol. The SMILES string of the molecule is CCOC(=O)N1CCN(C(=O)c2ccccc2OCc2ccccc2)CC1. The summed E-state index contributed by atoms with van der Waals surface area (Å²) in [5, 5.41) is 0. The second-order valence-corrected chi connectivity index (χ2v) is 6.25. The van der Waals surface area contributed by atoms with Crippen LogP contribution >= 0.6 is 0 Å². The predicted molar refractivity (Wildman–Crippen MR) is 102 cm³/mol. The smallest absolute Gasteiger partial charge is 0.409 e. The van der Waals surface area contributed by atoms with E-state index < -0.39 is 0 Å². The predicted octanol–water partition coefficient (Wildman–Crippen LogP) is 3.18. The van der Waals surface area contributed by atoms with Gasteiger partial charge in [0.25, 0.3) is 5.91 Å². The van der Waals surface area contributed by atoms with Crippen LogP contribution in [0.5, 0.6) is 5.75 Å². The fourth-order valence-corrected chi connectivity index (χ4v) is 2.98. The lowest BCUT2D eigenvalue weighted by Crippen LogP contribution is -2.50. The Bertz CT molecular complexity index is 771. The van der Waals surface area contributed by atoms with Gasteiger partial charge in [-0.25, -0.2) is 4.79 Å². The highest BCUT2D eigenvalue weighted by Gasteiger charge is 2.26. The van der Waals surface area contributed by atoms with Crippen molar-refractivity contribution in [2.24, 2.45) is 0 Å². The first-order valence-corrected chi connectivity index (χ1v) is 9.15. The van der Waals surface area contributed by atoms with Crippen molar-refractivity contribution in [2.45, 2.75) is 13.5 Å². The lowest BCUT2D eigenvalue weighted by atomic mass is 10.1. The molecule has 0 aromatic heterocycles. The molecule has 0 N–H and O–H groups in total. The minimum Gasteiger partial charge on any atom is -0.488 e. The highest BCUT2D eigenvalue weighted by molar-refractivity contribution is 5.97. The molecule has 2 aromatic carbocycles. The Labute approximate surface area is 159 Å². The quantitative estimate of drug-likeness (QED) is 0.813. The summed E-state index contributed by atoms with van der Waals surface area (Å²) in [6.07, 6.45) is -0.323. The van der Waals surface area contributed by atoms with Crippen molar-refractivity contribution in [2.75, 3.05) is 32.8 Å². The van der Waals surface area contributed by atoms with Gasteiger partial charge in [0.05, 0.1) is 12.2 Å². The van der Waals surface area contributed by atoms with Crippen molar-refractivity contribution in [1.29, 1.82) is 0 Å². The third-order valence-electron chi connectivity index (χ3n) is 4.45. The summed E-state index contributed by atoms with van der Waals surface area (Å²) in [4.78, 5) is 28.1. The number of carbonyl (C=O) groups is 2. The first-order valence-electron chi connectivity index (χ1n) is 9.15. The van der Waals surface area contributed by atoms with Gasteiger partial charge in [-0.05, 0) is 24.6 Å². The summed E-state index contributed by atoms with van der Waals surface area (Å²) in [6.45, 7) is 4.43. The molecular formula is C21H24N2O4. The number of para-hydroxylation sites is 1. The highest BCUT2D eigenvalue weighted by Crippen LogP contribution is 2.22. The summed E-state index contributed by atoms with van der Waals surface area (Å²) in [5.74, 6) is 0.487. The molecule has 2 aromatic rings. The van der Waals surface area contributed by atoms with E-state index in [0.29, 0.717) is 50.7 Å². The van der Waals surface area contributed by atoms with Crippen molar-refractivity contribution < 1.29 is 19.1 Å². The van der Waals surface area contributed by atoms with Gasteiger partial charge in [-0.1, -0.05) is 42.5 Å². The molecule has 1 saturated heterocycles. The van der Waals surface area contributed by atoms with Crippen molar-refractivity contribution >= 4 is 12.0 Å². The Morgan fingerprint density at radius 1 is 0.889 bits per heavy atom. The number of hydrogen-bond acceptors (Lipinski definition) is 4. The fraction of sp³-hybridized carbons (Fsp3) is 0.333. The maximum atomic E-state index is 12.9. The monoisotopic (exact) mass is 368 g/mol. The number of rotatable bonds is 5. The van der Waals surface area contributed by atoms with E-state index in [1.54, 1.807) is 22.8 Å². The summed E-state index contributed by atoms with van der Waals surface area (Å²) >= 11 is 0. The Kier molecular flexibility index (Phi) is 6.30. The van der Waals surface area contributed by atoms with E-state index in [-0.39, 0.29) is 12.0 Å². The summed E-state index contributed by atoms with van der Waals surface area (Å²) in [6, 6.07) is 17.1. The number of amides is 2. The van der Waals surface area contributed by atoms with E-state index in [9.17, 15) is 9.59 Å². The van der Waals surface area contributed by atoms with Gasteiger partial charge in [0.1, 0.15) is 12.4 Å². The molecule has 1 aliphatic heterocycles. The molecule has 0 atom stereocenters. The molecule has 0 unspecified atom stereocenters. The number of nitrogens with zero attached hydrogens (tertiary/aromatic N) is 2. The number of benzene rings is 2. The van der Waals surface area contributed by atoms with Crippen LogP contribution in [0.15, 0.2) is 54.6 Å². The van der Waals surface area contributed by atoms with Crippen LogP contribution in [-0.4, -0.2) is 54.6 Å². The Morgan fingerprint density at radius 3 is 2.22 bits per heavy atom. The molecule has 2 amide bonds. The molecule has 0 aliphatic carbocycles. The average molecular weight is 368 g/mol. The molecule has 142 valence electrons. The van der Waals surface area contributed by atoms with E-state index in [0.717, 1.165) is 5.56 Å². The molecule has 6 nitrogen and oxygen atoms in total. The summed E-state index contributed by atoms with van der Waals surface area (Å²) in [7, 11) is 0. The van der Waals surface area contributed by atoms with E-state index in [1.165, 1.54) is 0 Å². The van der Waals surface area contributed by atoms with Crippen molar-refractivity contribution in [3.05, 3.63) is 65.7 Å². The van der Waals surface area contributed by atoms with Gasteiger partial charge >= 0.3 is 6.09 Å². The van der Waals surface area contributed by atoms with Crippen LogP contribution in [0.3, 0.4) is 0 Å². The second kappa shape index (κ2) is 9.07.